The van der Waals surface area contributed by atoms with Gasteiger partial charge in [-0.3, -0.25) is 9.78 Å². The van der Waals surface area contributed by atoms with Gasteiger partial charge in [0.05, 0.1) is 11.7 Å². The first-order chi connectivity index (χ1) is 8.16. The minimum atomic E-state index is -0.544. The Morgan fingerprint density at radius 1 is 1.47 bits per heavy atom. The fraction of sp³-hybridized carbons (Fsp3) is 0.182. The third-order valence-corrected chi connectivity index (χ3v) is 2.83. The Labute approximate surface area is 103 Å². The average Bonchev–Trinajstić information content (AvgIpc) is 2.78. The second-order valence-electron chi connectivity index (χ2n) is 3.53. The number of amides is 1. The molecule has 6 heteroatoms. The lowest BCUT2D eigenvalue weighted by molar-refractivity contribution is -0.117. The largest absolute Gasteiger partial charge is 0.320 e. The zero-order valence-corrected chi connectivity index (χ0v) is 10.1. The van der Waals surface area contributed by atoms with Crippen molar-refractivity contribution < 1.29 is 4.79 Å². The van der Waals surface area contributed by atoms with Gasteiger partial charge in [0, 0.05) is 11.6 Å². The van der Waals surface area contributed by atoms with Crippen LogP contribution >= 0.6 is 11.3 Å². The molecule has 0 saturated carbocycles. The van der Waals surface area contributed by atoms with E-state index in [1.807, 2.05) is 23.6 Å². The molecule has 17 heavy (non-hydrogen) atoms. The molecule has 0 saturated heterocycles. The number of hydrogen-bond acceptors (Lipinski definition) is 5. The van der Waals surface area contributed by atoms with Gasteiger partial charge in [-0.1, -0.05) is 6.07 Å². The fourth-order valence-corrected chi connectivity index (χ4v) is 1.89. The zero-order valence-electron chi connectivity index (χ0n) is 9.25. The normalized spacial score (nSPS) is 12.1. The smallest absolute Gasteiger partial charge is 0.242 e. The number of hydrogen-bond donors (Lipinski definition) is 2. The lowest BCUT2D eigenvalue weighted by Gasteiger charge is -2.03. The number of thiazole rings is 1. The summed E-state index contributed by atoms with van der Waals surface area (Å²) in [4.78, 5) is 19.8. The van der Waals surface area contributed by atoms with Crippen LogP contribution in [0.4, 0.5) is 5.13 Å². The topological polar surface area (TPSA) is 80.9 Å². The highest BCUT2D eigenvalue weighted by atomic mass is 32.1. The van der Waals surface area contributed by atoms with Crippen LogP contribution in [-0.4, -0.2) is 21.9 Å². The van der Waals surface area contributed by atoms with Crippen LogP contribution in [0.2, 0.25) is 0 Å². The second-order valence-corrected chi connectivity index (χ2v) is 4.39. The van der Waals surface area contributed by atoms with Gasteiger partial charge >= 0.3 is 0 Å². The minimum Gasteiger partial charge on any atom is -0.320 e. The summed E-state index contributed by atoms with van der Waals surface area (Å²) in [6.07, 6.45) is 1.70. The Hall–Kier alpha value is -1.79. The average molecular weight is 248 g/mol. The molecule has 5 nitrogen and oxygen atoms in total. The number of nitrogens with one attached hydrogen (secondary N) is 1. The first kappa shape index (κ1) is 11.7. The van der Waals surface area contributed by atoms with E-state index >= 15 is 0 Å². The van der Waals surface area contributed by atoms with E-state index in [0.717, 1.165) is 11.4 Å². The van der Waals surface area contributed by atoms with E-state index in [9.17, 15) is 4.79 Å². The van der Waals surface area contributed by atoms with E-state index in [0.29, 0.717) is 5.13 Å². The van der Waals surface area contributed by atoms with Crippen LogP contribution in [-0.2, 0) is 4.79 Å². The van der Waals surface area contributed by atoms with Gasteiger partial charge in [0.2, 0.25) is 5.91 Å². The van der Waals surface area contributed by atoms with E-state index < -0.39 is 6.04 Å². The second kappa shape index (κ2) is 5.03. The van der Waals surface area contributed by atoms with E-state index in [1.54, 1.807) is 13.1 Å². The van der Waals surface area contributed by atoms with E-state index in [1.165, 1.54) is 11.3 Å². The number of nitrogens with two attached hydrogens (primary N) is 1. The van der Waals surface area contributed by atoms with Crippen molar-refractivity contribution in [3.8, 4) is 11.4 Å². The van der Waals surface area contributed by atoms with E-state index in [-0.39, 0.29) is 5.91 Å². The van der Waals surface area contributed by atoms with E-state index in [2.05, 4.69) is 15.3 Å². The van der Waals surface area contributed by atoms with Crippen molar-refractivity contribution in [2.45, 2.75) is 13.0 Å². The summed E-state index contributed by atoms with van der Waals surface area (Å²) in [5.74, 6) is -0.244. The highest BCUT2D eigenvalue weighted by Gasteiger charge is 2.11. The molecule has 0 radical (unpaired) electrons. The molecule has 0 aliphatic carbocycles. The summed E-state index contributed by atoms with van der Waals surface area (Å²) >= 11 is 1.35. The van der Waals surface area contributed by atoms with Crippen molar-refractivity contribution in [2.24, 2.45) is 5.73 Å². The quantitative estimate of drug-likeness (QED) is 0.862. The molecule has 0 spiro atoms. The first-order valence-electron chi connectivity index (χ1n) is 5.10. The van der Waals surface area contributed by atoms with Crippen molar-refractivity contribution in [1.29, 1.82) is 0 Å². The summed E-state index contributed by atoms with van der Waals surface area (Å²) in [5.41, 5.74) is 6.98. The monoisotopic (exact) mass is 248 g/mol. The van der Waals surface area contributed by atoms with Gasteiger partial charge in [-0.05, 0) is 19.1 Å². The Morgan fingerprint density at radius 3 is 2.94 bits per heavy atom. The van der Waals surface area contributed by atoms with Crippen molar-refractivity contribution in [3.05, 3.63) is 29.8 Å². The molecule has 0 aromatic carbocycles. The predicted octanol–water partition coefficient (Wildman–Crippen LogP) is 1.49. The lowest BCUT2D eigenvalue weighted by Crippen LogP contribution is -2.32. The number of carbonyl (C=O) groups is 1. The number of nitrogens with zero attached hydrogens (tertiary/aromatic N) is 2. The first-order valence-corrected chi connectivity index (χ1v) is 5.98. The maximum atomic E-state index is 11.4. The molecule has 3 N–H and O–H groups in total. The number of carbonyl (C=O) groups excluding carboxylic acids is 1. The summed E-state index contributed by atoms with van der Waals surface area (Å²) in [7, 11) is 0. The summed E-state index contributed by atoms with van der Waals surface area (Å²) in [5, 5.41) is 5.03. The van der Waals surface area contributed by atoms with Crippen molar-refractivity contribution in [2.75, 3.05) is 5.32 Å². The molecule has 0 bridgehead atoms. The molecule has 0 fully saturated rings. The SMILES string of the molecule is CC(N)C(=O)Nc1nc(-c2ccccn2)cs1. The molecule has 2 heterocycles. The van der Waals surface area contributed by atoms with Gasteiger partial charge in [0.1, 0.15) is 5.69 Å². The lowest BCUT2D eigenvalue weighted by atomic mass is 10.3. The van der Waals surface area contributed by atoms with Crippen LogP contribution in [0.1, 0.15) is 6.92 Å². The van der Waals surface area contributed by atoms with E-state index in [4.69, 9.17) is 5.73 Å². The number of anilines is 1. The third kappa shape index (κ3) is 2.86. The molecule has 2 aromatic rings. The highest BCUT2D eigenvalue weighted by Crippen LogP contribution is 2.22. The summed E-state index contributed by atoms with van der Waals surface area (Å²) in [6.45, 7) is 1.63. The molecule has 1 unspecified atom stereocenters. The van der Waals surface area contributed by atoms with Gasteiger partial charge in [0.15, 0.2) is 5.13 Å². The van der Waals surface area contributed by atoms with Gasteiger partial charge in [-0.2, -0.15) is 0 Å². The fourth-order valence-electron chi connectivity index (χ4n) is 1.18. The Bertz CT molecular complexity index is 509. The molecule has 0 aliphatic heterocycles. The molecule has 1 atom stereocenters. The van der Waals surface area contributed by atoms with Gasteiger partial charge in [-0.25, -0.2) is 4.98 Å². The highest BCUT2D eigenvalue weighted by molar-refractivity contribution is 7.14. The van der Waals surface area contributed by atoms with Crippen molar-refractivity contribution >= 4 is 22.4 Å². The molecule has 2 aromatic heterocycles. The van der Waals surface area contributed by atoms with Crippen LogP contribution < -0.4 is 11.1 Å². The zero-order chi connectivity index (χ0) is 12.3. The van der Waals surface area contributed by atoms with Crippen LogP contribution in [0.15, 0.2) is 29.8 Å². The van der Waals surface area contributed by atoms with Gasteiger partial charge in [-0.15, -0.1) is 11.3 Å². The molecular formula is C11H12N4OS. The summed E-state index contributed by atoms with van der Waals surface area (Å²) < 4.78 is 0. The molecule has 1 amide bonds. The maximum Gasteiger partial charge on any atom is 0.242 e. The molecular weight excluding hydrogens is 236 g/mol. The minimum absolute atomic E-state index is 0.244. The van der Waals surface area contributed by atoms with Crippen molar-refractivity contribution in [1.82, 2.24) is 9.97 Å². The Kier molecular flexibility index (Phi) is 3.46. The molecule has 0 aliphatic rings. The predicted molar refractivity (Wildman–Crippen MR) is 67.6 cm³/mol. The van der Waals surface area contributed by atoms with Crippen LogP contribution in [0.3, 0.4) is 0 Å². The standard InChI is InChI=1S/C11H12N4OS/c1-7(12)10(16)15-11-14-9(6-17-11)8-4-2-3-5-13-8/h2-7H,12H2,1H3,(H,14,15,16). The van der Waals surface area contributed by atoms with Crippen LogP contribution in [0, 0.1) is 0 Å². The number of aromatic nitrogens is 2. The number of rotatable bonds is 3. The van der Waals surface area contributed by atoms with Crippen molar-refractivity contribution in [3.63, 3.8) is 0 Å². The third-order valence-electron chi connectivity index (χ3n) is 2.08. The molecule has 2 rings (SSSR count). The maximum absolute atomic E-state index is 11.4. The Balaban J connectivity index is 2.14. The Morgan fingerprint density at radius 2 is 2.29 bits per heavy atom. The number of pyridine rings is 1. The van der Waals surface area contributed by atoms with Gasteiger partial charge in [0.25, 0.3) is 0 Å². The van der Waals surface area contributed by atoms with Crippen LogP contribution in [0.25, 0.3) is 11.4 Å². The summed E-state index contributed by atoms with van der Waals surface area (Å²) in [6, 6.07) is 5.06. The van der Waals surface area contributed by atoms with Gasteiger partial charge < -0.3 is 11.1 Å². The molecule has 88 valence electrons. The van der Waals surface area contributed by atoms with Crippen LogP contribution in [0.5, 0.6) is 0 Å².